The lowest BCUT2D eigenvalue weighted by Gasteiger charge is -2.19. The number of ether oxygens (including phenoxy) is 1. The van der Waals surface area contributed by atoms with Gasteiger partial charge in [-0.2, -0.15) is 0 Å². The molecule has 0 N–H and O–H groups in total. The second-order valence-electron chi connectivity index (χ2n) is 4.85. The van der Waals surface area contributed by atoms with Crippen LogP contribution in [0.1, 0.15) is 11.1 Å². The summed E-state index contributed by atoms with van der Waals surface area (Å²) in [5.41, 5.74) is 2.19. The Morgan fingerprint density at radius 3 is 2.50 bits per heavy atom. The molecule has 1 aliphatic heterocycles. The number of aliphatic imine (C=N–C) groups is 1. The number of hydrogen-bond donors (Lipinski definition) is 0. The van der Waals surface area contributed by atoms with E-state index in [2.05, 4.69) is 35.3 Å². The van der Waals surface area contributed by atoms with Gasteiger partial charge in [0, 0.05) is 11.1 Å². The minimum absolute atomic E-state index is 0.668. The third kappa shape index (κ3) is 1.77. The molecule has 0 atom stereocenters. The fourth-order valence-electron chi connectivity index (χ4n) is 2.59. The van der Waals surface area contributed by atoms with Crippen molar-refractivity contribution in [2.75, 3.05) is 0 Å². The van der Waals surface area contributed by atoms with Gasteiger partial charge in [0.05, 0.1) is 6.54 Å². The normalized spacial score (nSPS) is 13.5. The van der Waals surface area contributed by atoms with Crippen LogP contribution in [0.3, 0.4) is 0 Å². The van der Waals surface area contributed by atoms with Crippen LogP contribution in [0, 0.1) is 0 Å². The van der Waals surface area contributed by atoms with E-state index in [0.717, 1.165) is 11.3 Å². The molecule has 0 bridgehead atoms. The minimum Gasteiger partial charge on any atom is -0.438 e. The van der Waals surface area contributed by atoms with Gasteiger partial charge < -0.3 is 4.74 Å². The summed E-state index contributed by atoms with van der Waals surface area (Å²) in [6.07, 6.45) is 0. The Bertz CT molecular complexity index is 806. The maximum Gasteiger partial charge on any atom is 0.222 e. The second-order valence-corrected chi connectivity index (χ2v) is 4.85. The predicted molar refractivity (Wildman–Crippen MR) is 81.3 cm³/mol. The van der Waals surface area contributed by atoms with Crippen LogP contribution in [0.25, 0.3) is 10.8 Å². The van der Waals surface area contributed by atoms with Gasteiger partial charge in [-0.3, -0.25) is 0 Å². The van der Waals surface area contributed by atoms with E-state index in [9.17, 15) is 0 Å². The summed E-state index contributed by atoms with van der Waals surface area (Å²) in [5.74, 6) is 1.62. The molecule has 0 aliphatic carbocycles. The van der Waals surface area contributed by atoms with Gasteiger partial charge in [-0.05, 0) is 29.0 Å². The largest absolute Gasteiger partial charge is 0.438 e. The zero-order chi connectivity index (χ0) is 13.4. The van der Waals surface area contributed by atoms with E-state index in [4.69, 9.17) is 4.74 Å². The zero-order valence-corrected chi connectivity index (χ0v) is 10.9. The Labute approximate surface area is 117 Å². The summed E-state index contributed by atoms with van der Waals surface area (Å²) >= 11 is 0. The van der Waals surface area contributed by atoms with Gasteiger partial charge in [0.25, 0.3) is 0 Å². The van der Waals surface area contributed by atoms with Crippen molar-refractivity contribution < 1.29 is 4.74 Å². The van der Waals surface area contributed by atoms with Crippen LogP contribution in [-0.2, 0) is 6.54 Å². The Morgan fingerprint density at radius 2 is 1.60 bits per heavy atom. The molecule has 96 valence electrons. The second kappa shape index (κ2) is 4.49. The van der Waals surface area contributed by atoms with Crippen molar-refractivity contribution in [2.45, 2.75) is 6.54 Å². The summed E-state index contributed by atoms with van der Waals surface area (Å²) in [6, 6.07) is 22.5. The van der Waals surface area contributed by atoms with Gasteiger partial charge in [-0.1, -0.05) is 48.5 Å². The highest BCUT2D eigenvalue weighted by molar-refractivity contribution is 5.98. The Kier molecular flexibility index (Phi) is 2.52. The van der Waals surface area contributed by atoms with Crippen molar-refractivity contribution in [3.05, 3.63) is 77.9 Å². The summed E-state index contributed by atoms with van der Waals surface area (Å²) in [7, 11) is 0. The van der Waals surface area contributed by atoms with Crippen molar-refractivity contribution in [1.82, 2.24) is 0 Å². The predicted octanol–water partition coefficient (Wildman–Crippen LogP) is 4.18. The molecule has 0 saturated heterocycles. The lowest BCUT2D eigenvalue weighted by molar-refractivity contribution is 0.526. The summed E-state index contributed by atoms with van der Waals surface area (Å²) in [5, 5.41) is 2.45. The average Bonchev–Trinajstić information content (AvgIpc) is 2.55. The van der Waals surface area contributed by atoms with E-state index in [-0.39, 0.29) is 0 Å². The molecule has 0 radical (unpaired) electrons. The Hall–Kier alpha value is -2.61. The summed E-state index contributed by atoms with van der Waals surface area (Å²) < 4.78 is 5.98. The van der Waals surface area contributed by atoms with Crippen molar-refractivity contribution >= 4 is 16.7 Å². The first-order chi connectivity index (χ1) is 9.92. The molecular weight excluding hydrogens is 246 g/mol. The first-order valence-corrected chi connectivity index (χ1v) is 6.70. The molecule has 3 aromatic carbocycles. The molecule has 0 saturated carbocycles. The molecule has 3 aromatic rings. The highest BCUT2D eigenvalue weighted by Crippen LogP contribution is 2.32. The maximum absolute atomic E-state index is 5.98. The van der Waals surface area contributed by atoms with E-state index in [0.29, 0.717) is 12.4 Å². The molecule has 4 rings (SSSR count). The smallest absolute Gasteiger partial charge is 0.222 e. The highest BCUT2D eigenvalue weighted by atomic mass is 16.5. The topological polar surface area (TPSA) is 21.6 Å². The summed E-state index contributed by atoms with van der Waals surface area (Å²) in [4.78, 5) is 4.59. The molecule has 2 heteroatoms. The third-order valence-corrected chi connectivity index (χ3v) is 3.61. The molecule has 20 heavy (non-hydrogen) atoms. The lowest BCUT2D eigenvalue weighted by Crippen LogP contribution is -2.15. The van der Waals surface area contributed by atoms with Crippen LogP contribution in [0.2, 0.25) is 0 Å². The van der Waals surface area contributed by atoms with Gasteiger partial charge in [0.15, 0.2) is 0 Å². The van der Waals surface area contributed by atoms with Gasteiger partial charge >= 0.3 is 0 Å². The van der Waals surface area contributed by atoms with E-state index >= 15 is 0 Å². The standard InChI is InChI=1S/C18H13NO/c1-2-7-14(8-3-1)18-19-12-16-15-9-5-4-6-13(15)10-11-17(16)20-18/h1-11H,12H2. The molecular formula is C18H13NO. The molecule has 0 fully saturated rings. The van der Waals surface area contributed by atoms with Crippen molar-refractivity contribution in [1.29, 1.82) is 0 Å². The quantitative estimate of drug-likeness (QED) is 0.642. The van der Waals surface area contributed by atoms with E-state index in [1.807, 2.05) is 36.4 Å². The highest BCUT2D eigenvalue weighted by Gasteiger charge is 2.17. The van der Waals surface area contributed by atoms with Gasteiger partial charge in [-0.15, -0.1) is 0 Å². The fraction of sp³-hybridized carbons (Fsp3) is 0.0556. The van der Waals surface area contributed by atoms with Crippen LogP contribution in [0.4, 0.5) is 0 Å². The molecule has 0 amide bonds. The summed E-state index contributed by atoms with van der Waals surface area (Å²) in [6.45, 7) is 0.668. The fourth-order valence-corrected chi connectivity index (χ4v) is 2.59. The average molecular weight is 259 g/mol. The van der Waals surface area contributed by atoms with Gasteiger partial charge in [0.2, 0.25) is 5.90 Å². The molecule has 0 aromatic heterocycles. The first kappa shape index (κ1) is 11.2. The van der Waals surface area contributed by atoms with E-state index in [1.165, 1.54) is 16.3 Å². The molecule has 0 spiro atoms. The molecule has 1 aliphatic rings. The van der Waals surface area contributed by atoms with Crippen LogP contribution in [0.5, 0.6) is 5.75 Å². The molecule has 1 heterocycles. The van der Waals surface area contributed by atoms with Crippen LogP contribution in [0.15, 0.2) is 71.7 Å². The number of rotatable bonds is 1. The van der Waals surface area contributed by atoms with Gasteiger partial charge in [0.1, 0.15) is 5.75 Å². The lowest BCUT2D eigenvalue weighted by atomic mass is 10.0. The molecule has 0 unspecified atom stereocenters. The number of fused-ring (bicyclic) bond motifs is 3. The first-order valence-electron chi connectivity index (χ1n) is 6.70. The number of nitrogens with zero attached hydrogens (tertiary/aromatic N) is 1. The maximum atomic E-state index is 5.98. The monoisotopic (exact) mass is 259 g/mol. The minimum atomic E-state index is 0.668. The van der Waals surface area contributed by atoms with Crippen LogP contribution >= 0.6 is 0 Å². The SMILES string of the molecule is c1ccc(C2=NCc3c(ccc4ccccc34)O2)cc1. The van der Waals surface area contributed by atoms with Crippen LogP contribution in [-0.4, -0.2) is 5.90 Å². The van der Waals surface area contributed by atoms with Gasteiger partial charge in [-0.25, -0.2) is 4.99 Å². The Morgan fingerprint density at radius 1 is 0.800 bits per heavy atom. The Balaban J connectivity index is 1.80. The zero-order valence-electron chi connectivity index (χ0n) is 10.9. The third-order valence-electron chi connectivity index (χ3n) is 3.61. The van der Waals surface area contributed by atoms with Crippen molar-refractivity contribution in [3.8, 4) is 5.75 Å². The van der Waals surface area contributed by atoms with Crippen LogP contribution < -0.4 is 4.74 Å². The number of hydrogen-bond acceptors (Lipinski definition) is 2. The van der Waals surface area contributed by atoms with E-state index < -0.39 is 0 Å². The van der Waals surface area contributed by atoms with Crippen molar-refractivity contribution in [3.63, 3.8) is 0 Å². The molecule has 2 nitrogen and oxygen atoms in total. The van der Waals surface area contributed by atoms with Crippen molar-refractivity contribution in [2.24, 2.45) is 4.99 Å². The number of benzene rings is 3. The van der Waals surface area contributed by atoms with E-state index in [1.54, 1.807) is 0 Å².